The van der Waals surface area contributed by atoms with E-state index in [2.05, 4.69) is 10.9 Å². The summed E-state index contributed by atoms with van der Waals surface area (Å²) in [6.45, 7) is 0.868. The van der Waals surface area contributed by atoms with E-state index >= 15 is 0 Å². The Morgan fingerprint density at radius 2 is 1.86 bits per heavy atom. The Balaban J connectivity index is 0.000000245. The van der Waals surface area contributed by atoms with Gasteiger partial charge in [0.1, 0.15) is 18.4 Å². The molecule has 2 N–H and O–H groups in total. The second kappa shape index (κ2) is 1.89. The molecule has 6 heteroatoms. The number of fused-ring (bicyclic) bond motifs is 1. The number of hydrogen-bond acceptors (Lipinski definition) is 3. The molecular weight excluding hydrogens is 140 g/mol. The third-order valence-corrected chi connectivity index (χ3v) is 1.47. The molecule has 0 radical (unpaired) electrons. The number of hydrogen-bond donors (Lipinski definition) is 2. The molecule has 0 amide bonds. The van der Waals surface area contributed by atoms with Gasteiger partial charge in [-0.2, -0.15) is 0 Å². The molecule has 2 rings (SSSR count). The Bertz CT molecular complexity index is 126. The molecule has 0 spiro atoms. The van der Waals surface area contributed by atoms with E-state index in [-0.39, 0.29) is 37.7 Å². The van der Waals surface area contributed by atoms with E-state index in [1.54, 1.807) is 11.7 Å². The summed E-state index contributed by atoms with van der Waals surface area (Å²) in [6, 6.07) is 0. The Morgan fingerprint density at radius 1 is 1.29 bits per heavy atom. The summed E-state index contributed by atoms with van der Waals surface area (Å²) in [5.41, 5.74) is 6.01. The van der Waals surface area contributed by atoms with Gasteiger partial charge in [-0.3, -0.25) is 10.9 Å². The van der Waals surface area contributed by atoms with Gasteiger partial charge in [0, 0.05) is 0 Å². The first-order chi connectivity index (χ1) is 2.97. The zero-order valence-electron chi connectivity index (χ0n) is 3.01. The standard InChI is InChI=1S/CH4N4S.Ca.2H/c1-2-4-5(3-1)6-4;;;/h2-3H,1H2;;;. The fourth-order valence-electron chi connectivity index (χ4n) is 0.414. The maximum absolute atomic E-state index is 3.00. The molecule has 1 aromatic heterocycles. The molecule has 1 aliphatic heterocycles. The van der Waals surface area contributed by atoms with Gasteiger partial charge in [-0.05, 0) is 0 Å². The topological polar surface area (TPSA) is 33.9 Å². The number of aromatic nitrogens is 2. The maximum atomic E-state index is 3.00. The molecule has 38 valence electrons. The van der Waals surface area contributed by atoms with Crippen LogP contribution in [0.1, 0.15) is 0 Å². The van der Waals surface area contributed by atoms with Crippen LogP contribution in [-0.4, -0.2) is 52.8 Å². The average Bonchev–Trinajstić information content (AvgIpc) is 2.17. The van der Waals surface area contributed by atoms with E-state index in [4.69, 9.17) is 0 Å². The summed E-state index contributed by atoms with van der Waals surface area (Å²) in [5, 5.41) is 0. The molecular formula is CH6CaN4S. The summed E-state index contributed by atoms with van der Waals surface area (Å²) in [4.78, 5) is 0. The Morgan fingerprint density at radius 3 is 2.00 bits per heavy atom. The predicted molar refractivity (Wildman–Crippen MR) is 32.4 cm³/mol. The van der Waals surface area contributed by atoms with Gasteiger partial charge >= 0.3 is 37.7 Å². The minimum absolute atomic E-state index is 0. The van der Waals surface area contributed by atoms with Crippen molar-refractivity contribution < 1.29 is 0 Å². The van der Waals surface area contributed by atoms with Gasteiger partial charge in [-0.1, -0.05) is 8.36 Å². The van der Waals surface area contributed by atoms with Gasteiger partial charge in [-0.25, -0.2) is 0 Å². The zero-order valence-corrected chi connectivity index (χ0v) is 3.83. The van der Waals surface area contributed by atoms with Crippen molar-refractivity contribution in [3.05, 3.63) is 0 Å². The van der Waals surface area contributed by atoms with Crippen molar-refractivity contribution in [2.75, 3.05) is 17.5 Å². The van der Waals surface area contributed by atoms with Crippen LogP contribution in [0, 0.1) is 0 Å². The SMILES string of the molecule is C1Nn2sn2N1.[CaH2]. The molecule has 1 aromatic rings. The van der Waals surface area contributed by atoms with Gasteiger partial charge in [0.25, 0.3) is 0 Å². The van der Waals surface area contributed by atoms with Crippen LogP contribution in [0.3, 0.4) is 0 Å². The van der Waals surface area contributed by atoms with Crippen molar-refractivity contribution in [3.8, 4) is 0 Å². The van der Waals surface area contributed by atoms with Crippen LogP contribution in [0.5, 0.6) is 0 Å². The van der Waals surface area contributed by atoms with Crippen LogP contribution in [0.15, 0.2) is 0 Å². The van der Waals surface area contributed by atoms with Crippen LogP contribution in [0.25, 0.3) is 0 Å². The Labute approximate surface area is 74.7 Å². The molecule has 0 bridgehead atoms. The molecule has 0 atom stereocenters. The fourth-order valence-corrected chi connectivity index (χ4v) is 0.888. The van der Waals surface area contributed by atoms with E-state index in [1.165, 1.54) is 0 Å². The van der Waals surface area contributed by atoms with Crippen molar-refractivity contribution in [1.82, 2.24) is 8.36 Å². The van der Waals surface area contributed by atoms with Crippen molar-refractivity contribution in [2.24, 2.45) is 0 Å². The van der Waals surface area contributed by atoms with E-state index in [0.717, 1.165) is 6.67 Å². The van der Waals surface area contributed by atoms with Gasteiger partial charge in [0.05, 0.1) is 0 Å². The summed E-state index contributed by atoms with van der Waals surface area (Å²) in [5.74, 6) is 0. The predicted octanol–water partition coefficient (Wildman–Crippen LogP) is -1.51. The van der Waals surface area contributed by atoms with Gasteiger partial charge in [-0.15, -0.1) is 0 Å². The van der Waals surface area contributed by atoms with E-state index in [0.29, 0.717) is 0 Å². The van der Waals surface area contributed by atoms with Gasteiger partial charge in [0.2, 0.25) is 0 Å². The third-order valence-electron chi connectivity index (χ3n) is 0.724. The van der Waals surface area contributed by atoms with Crippen LogP contribution >= 0.6 is 11.7 Å². The average molecular weight is 146 g/mol. The zero-order chi connectivity index (χ0) is 3.98. The second-order valence-electron chi connectivity index (χ2n) is 1.12. The minimum atomic E-state index is 0. The molecule has 0 aromatic carbocycles. The molecule has 4 nitrogen and oxygen atoms in total. The quantitative estimate of drug-likeness (QED) is 0.436. The number of nitrogens with zero attached hydrogens (tertiary/aromatic N) is 2. The molecule has 0 saturated heterocycles. The third kappa shape index (κ3) is 0.910. The van der Waals surface area contributed by atoms with Crippen molar-refractivity contribution in [1.29, 1.82) is 0 Å². The summed E-state index contributed by atoms with van der Waals surface area (Å²) >= 11 is 1.62. The first kappa shape index (κ1) is 5.81. The van der Waals surface area contributed by atoms with Crippen molar-refractivity contribution in [2.45, 2.75) is 0 Å². The molecule has 0 unspecified atom stereocenters. The van der Waals surface area contributed by atoms with Gasteiger partial charge < -0.3 is 0 Å². The molecule has 7 heavy (non-hydrogen) atoms. The number of rotatable bonds is 0. The Hall–Kier alpha value is 0.680. The van der Waals surface area contributed by atoms with Crippen molar-refractivity contribution >= 4 is 49.5 Å². The first-order valence-corrected chi connectivity index (χ1v) is 2.45. The fraction of sp³-hybridized carbons (Fsp3) is 1.00. The van der Waals surface area contributed by atoms with E-state index < -0.39 is 0 Å². The summed E-state index contributed by atoms with van der Waals surface area (Å²) < 4.78 is 3.83. The van der Waals surface area contributed by atoms with Crippen LogP contribution in [0.2, 0.25) is 0 Å². The summed E-state index contributed by atoms with van der Waals surface area (Å²) in [7, 11) is 0. The van der Waals surface area contributed by atoms with Crippen LogP contribution < -0.4 is 10.9 Å². The van der Waals surface area contributed by atoms with Crippen molar-refractivity contribution in [3.63, 3.8) is 0 Å². The Kier molecular flexibility index (Phi) is 1.57. The molecule has 0 aliphatic carbocycles. The van der Waals surface area contributed by atoms with Crippen LogP contribution in [0.4, 0.5) is 0 Å². The second-order valence-corrected chi connectivity index (χ2v) is 1.98. The van der Waals surface area contributed by atoms with Crippen LogP contribution in [-0.2, 0) is 0 Å². The van der Waals surface area contributed by atoms with Gasteiger partial charge in [0.15, 0.2) is 0 Å². The monoisotopic (exact) mass is 146 g/mol. The first-order valence-electron chi connectivity index (χ1n) is 1.72. The van der Waals surface area contributed by atoms with E-state index in [9.17, 15) is 0 Å². The molecule has 0 saturated carbocycles. The molecule has 1 aliphatic rings. The summed E-state index contributed by atoms with van der Waals surface area (Å²) in [6.07, 6.45) is 0. The molecule has 0 fully saturated rings. The number of nitrogens with one attached hydrogen (secondary N) is 2. The molecule has 2 heterocycles. The van der Waals surface area contributed by atoms with E-state index in [1.807, 2.05) is 8.36 Å². The normalized spacial score (nSPS) is 14.3.